The van der Waals surface area contributed by atoms with E-state index in [1.807, 2.05) is 6.07 Å². The molecule has 1 heterocycles. The summed E-state index contributed by atoms with van der Waals surface area (Å²) in [5.41, 5.74) is 1.20. The molecule has 1 amide bonds. The third-order valence-corrected chi connectivity index (χ3v) is 3.74. The van der Waals surface area contributed by atoms with Crippen LogP contribution in [0, 0.1) is 5.82 Å². The molecule has 0 aliphatic rings. The van der Waals surface area contributed by atoms with Crippen molar-refractivity contribution < 1.29 is 9.18 Å². The Morgan fingerprint density at radius 1 is 1.08 bits per heavy atom. The number of anilines is 2. The van der Waals surface area contributed by atoms with E-state index in [2.05, 4.69) is 20.6 Å². The molecule has 0 aliphatic heterocycles. The number of carbonyl (C=O) groups is 1. The Morgan fingerprint density at radius 2 is 1.84 bits per heavy atom. The number of aromatic nitrogens is 2. The van der Waals surface area contributed by atoms with Gasteiger partial charge in [0.2, 0.25) is 5.95 Å². The molecule has 0 radical (unpaired) electrons. The number of halogens is 2. The Bertz CT molecular complexity index is 904. The zero-order chi connectivity index (χ0) is 17.6. The zero-order valence-corrected chi connectivity index (χ0v) is 13.8. The van der Waals surface area contributed by atoms with Crippen LogP contribution < -0.4 is 10.6 Å². The third kappa shape index (κ3) is 4.30. The van der Waals surface area contributed by atoms with Gasteiger partial charge in [-0.15, -0.1) is 0 Å². The molecule has 2 N–H and O–H groups in total. The highest BCUT2D eigenvalue weighted by Crippen LogP contribution is 2.23. The molecule has 0 unspecified atom stereocenters. The second-order valence-corrected chi connectivity index (χ2v) is 5.55. The fourth-order valence-electron chi connectivity index (χ4n) is 2.14. The summed E-state index contributed by atoms with van der Waals surface area (Å²) < 4.78 is 13.6. The van der Waals surface area contributed by atoms with Crippen molar-refractivity contribution >= 4 is 29.1 Å². The molecule has 0 aliphatic carbocycles. The van der Waals surface area contributed by atoms with Crippen molar-refractivity contribution in [3.8, 4) is 0 Å². The third-order valence-electron chi connectivity index (χ3n) is 3.41. The molecule has 25 heavy (non-hydrogen) atoms. The maximum Gasteiger partial charge on any atom is 0.270 e. The normalized spacial score (nSPS) is 10.3. The van der Waals surface area contributed by atoms with Gasteiger partial charge in [-0.25, -0.2) is 14.4 Å². The maximum atomic E-state index is 13.6. The van der Waals surface area contributed by atoms with Gasteiger partial charge >= 0.3 is 0 Å². The van der Waals surface area contributed by atoms with Gasteiger partial charge in [0.1, 0.15) is 11.5 Å². The summed E-state index contributed by atoms with van der Waals surface area (Å²) >= 11 is 6.08. The predicted octanol–water partition coefficient (Wildman–Crippen LogP) is 3.94. The summed E-state index contributed by atoms with van der Waals surface area (Å²) in [6, 6.07) is 14.9. The average molecular weight is 357 g/mol. The summed E-state index contributed by atoms with van der Waals surface area (Å²) in [7, 11) is 0. The van der Waals surface area contributed by atoms with Crippen molar-refractivity contribution in [3.05, 3.63) is 82.9 Å². The van der Waals surface area contributed by atoms with Gasteiger partial charge in [0.25, 0.3) is 5.91 Å². The second-order valence-electron chi connectivity index (χ2n) is 5.14. The van der Waals surface area contributed by atoms with Gasteiger partial charge in [0.05, 0.1) is 10.7 Å². The number of nitrogens with one attached hydrogen (secondary N) is 2. The van der Waals surface area contributed by atoms with E-state index in [-0.39, 0.29) is 24.0 Å². The second kappa shape index (κ2) is 7.72. The van der Waals surface area contributed by atoms with Crippen molar-refractivity contribution in [1.29, 1.82) is 0 Å². The summed E-state index contributed by atoms with van der Waals surface area (Å²) in [6.07, 6.45) is 1.46. The van der Waals surface area contributed by atoms with Crippen LogP contribution in [0.5, 0.6) is 0 Å². The molecule has 126 valence electrons. The molecule has 0 saturated carbocycles. The number of hydrogen-bond donors (Lipinski definition) is 2. The van der Waals surface area contributed by atoms with Gasteiger partial charge in [-0.1, -0.05) is 41.9 Å². The monoisotopic (exact) mass is 356 g/mol. The van der Waals surface area contributed by atoms with Gasteiger partial charge in [-0.3, -0.25) is 4.79 Å². The molecule has 0 atom stereocenters. The van der Waals surface area contributed by atoms with Gasteiger partial charge in [-0.05, 0) is 24.3 Å². The number of nitrogens with zero attached hydrogens (tertiary/aromatic N) is 2. The number of hydrogen-bond acceptors (Lipinski definition) is 4. The molecule has 3 aromatic rings. The molecule has 0 saturated heterocycles. The molecule has 5 nitrogen and oxygen atoms in total. The van der Waals surface area contributed by atoms with Crippen molar-refractivity contribution in [2.75, 3.05) is 5.32 Å². The molecule has 0 fully saturated rings. The van der Waals surface area contributed by atoms with Crippen LogP contribution >= 0.6 is 11.6 Å². The molecular weight excluding hydrogens is 343 g/mol. The lowest BCUT2D eigenvalue weighted by atomic mass is 10.2. The predicted molar refractivity (Wildman–Crippen MR) is 94.3 cm³/mol. The highest BCUT2D eigenvalue weighted by Gasteiger charge is 2.10. The van der Waals surface area contributed by atoms with E-state index in [0.29, 0.717) is 16.3 Å². The maximum absolute atomic E-state index is 13.6. The molecule has 0 spiro atoms. The molecule has 7 heteroatoms. The number of para-hydroxylation sites is 1. The number of carbonyl (C=O) groups excluding carboxylic acids is 1. The molecule has 0 bridgehead atoms. The van der Waals surface area contributed by atoms with Crippen LogP contribution in [-0.2, 0) is 6.54 Å². The first kappa shape index (κ1) is 16.9. The fourth-order valence-corrected chi connectivity index (χ4v) is 2.32. The lowest BCUT2D eigenvalue weighted by Crippen LogP contribution is -2.24. The minimum Gasteiger partial charge on any atom is -0.347 e. The number of amides is 1. The molecule has 1 aromatic heterocycles. The van der Waals surface area contributed by atoms with E-state index in [1.165, 1.54) is 18.3 Å². The van der Waals surface area contributed by atoms with Crippen molar-refractivity contribution in [3.63, 3.8) is 0 Å². The average Bonchev–Trinajstić information content (AvgIpc) is 2.63. The largest absolute Gasteiger partial charge is 0.347 e. The van der Waals surface area contributed by atoms with Gasteiger partial charge in [0, 0.05) is 18.3 Å². The van der Waals surface area contributed by atoms with Crippen LogP contribution in [0.3, 0.4) is 0 Å². The van der Waals surface area contributed by atoms with E-state index in [4.69, 9.17) is 11.6 Å². The highest BCUT2D eigenvalue weighted by atomic mass is 35.5. The lowest BCUT2D eigenvalue weighted by molar-refractivity contribution is 0.0945. The summed E-state index contributed by atoms with van der Waals surface area (Å²) in [6.45, 7) is 0.0722. The van der Waals surface area contributed by atoms with Crippen LogP contribution in [0.2, 0.25) is 5.02 Å². The minimum absolute atomic E-state index is 0.0722. The molecule has 2 aromatic carbocycles. The highest BCUT2D eigenvalue weighted by molar-refractivity contribution is 6.33. The Morgan fingerprint density at radius 3 is 2.64 bits per heavy atom. The number of benzene rings is 2. The zero-order valence-electron chi connectivity index (χ0n) is 13.0. The van der Waals surface area contributed by atoms with E-state index in [9.17, 15) is 9.18 Å². The quantitative estimate of drug-likeness (QED) is 0.726. The van der Waals surface area contributed by atoms with Crippen molar-refractivity contribution in [2.45, 2.75) is 6.54 Å². The van der Waals surface area contributed by atoms with Gasteiger partial charge in [0.15, 0.2) is 0 Å². The van der Waals surface area contributed by atoms with Gasteiger partial charge < -0.3 is 10.6 Å². The summed E-state index contributed by atoms with van der Waals surface area (Å²) in [5.74, 6) is -0.550. The van der Waals surface area contributed by atoms with E-state index in [0.717, 1.165) is 0 Å². The van der Waals surface area contributed by atoms with Crippen molar-refractivity contribution in [1.82, 2.24) is 15.3 Å². The Balaban J connectivity index is 1.69. The standard InChI is InChI=1S/C18H14ClFN4O/c19-13-6-2-4-8-15(13)23-18-21-10-9-16(24-18)17(25)22-11-12-5-1-3-7-14(12)20/h1-10H,11H2,(H,22,25)(H,21,23,24). The van der Waals surface area contributed by atoms with Crippen LogP contribution in [-0.4, -0.2) is 15.9 Å². The van der Waals surface area contributed by atoms with Gasteiger partial charge in [-0.2, -0.15) is 0 Å². The van der Waals surface area contributed by atoms with Crippen LogP contribution in [0.15, 0.2) is 60.8 Å². The summed E-state index contributed by atoms with van der Waals surface area (Å²) in [5, 5.41) is 6.11. The fraction of sp³-hybridized carbons (Fsp3) is 0.0556. The van der Waals surface area contributed by atoms with Crippen LogP contribution in [0.4, 0.5) is 16.0 Å². The van der Waals surface area contributed by atoms with E-state index < -0.39 is 5.91 Å². The Kier molecular flexibility index (Phi) is 5.20. The first-order chi connectivity index (χ1) is 12.1. The van der Waals surface area contributed by atoms with Crippen LogP contribution in [0.1, 0.15) is 16.1 Å². The smallest absolute Gasteiger partial charge is 0.270 e. The minimum atomic E-state index is -0.423. The molecule has 3 rings (SSSR count). The Hall–Kier alpha value is -2.99. The first-order valence-corrected chi connectivity index (χ1v) is 7.87. The van der Waals surface area contributed by atoms with E-state index >= 15 is 0 Å². The SMILES string of the molecule is O=C(NCc1ccccc1F)c1ccnc(Nc2ccccc2Cl)n1. The van der Waals surface area contributed by atoms with Crippen LogP contribution in [0.25, 0.3) is 0 Å². The van der Waals surface area contributed by atoms with E-state index in [1.54, 1.807) is 36.4 Å². The molecular formula is C18H14ClFN4O. The summed E-state index contributed by atoms with van der Waals surface area (Å²) in [4.78, 5) is 20.5. The lowest BCUT2D eigenvalue weighted by Gasteiger charge is -2.09. The Labute approximate surface area is 148 Å². The first-order valence-electron chi connectivity index (χ1n) is 7.49. The topological polar surface area (TPSA) is 66.9 Å². The van der Waals surface area contributed by atoms with Crippen molar-refractivity contribution in [2.24, 2.45) is 0 Å². The number of rotatable bonds is 5.